The van der Waals surface area contributed by atoms with Crippen LogP contribution in [-0.2, 0) is 4.79 Å². The van der Waals surface area contributed by atoms with Gasteiger partial charge in [-0.2, -0.15) is 0 Å². The van der Waals surface area contributed by atoms with Crippen molar-refractivity contribution >= 4 is 34.6 Å². The van der Waals surface area contributed by atoms with Gasteiger partial charge in [-0.05, 0) is 81.4 Å². The van der Waals surface area contributed by atoms with Crippen LogP contribution in [-0.4, -0.2) is 30.8 Å². The van der Waals surface area contributed by atoms with Crippen molar-refractivity contribution in [3.05, 3.63) is 48.0 Å². The van der Waals surface area contributed by atoms with Gasteiger partial charge >= 0.3 is 0 Å². The topological polar surface area (TPSA) is 62.8 Å². The average molecular weight is 428 g/mol. The molecule has 3 rings (SSSR count). The molecule has 30 heavy (non-hydrogen) atoms. The molecular weight excluding hydrogens is 398 g/mol. The van der Waals surface area contributed by atoms with Crippen molar-refractivity contribution in [3.63, 3.8) is 0 Å². The van der Waals surface area contributed by atoms with Gasteiger partial charge in [0.15, 0.2) is 16.6 Å². The van der Waals surface area contributed by atoms with Crippen LogP contribution < -0.4 is 25.0 Å². The van der Waals surface area contributed by atoms with Crippen LogP contribution in [0.3, 0.4) is 0 Å². The first kappa shape index (κ1) is 21.9. The average Bonchev–Trinajstić information content (AvgIpc) is 3.16. The lowest BCUT2D eigenvalue weighted by Gasteiger charge is -2.20. The highest BCUT2D eigenvalue weighted by atomic mass is 32.1. The third-order valence-corrected chi connectivity index (χ3v) is 5.15. The van der Waals surface area contributed by atoms with Gasteiger partial charge in [-0.15, -0.1) is 0 Å². The molecule has 1 heterocycles. The molecule has 2 aromatic rings. The summed E-state index contributed by atoms with van der Waals surface area (Å²) in [5.41, 5.74) is 2.85. The summed E-state index contributed by atoms with van der Waals surface area (Å²) in [6.45, 7) is 7.90. The number of nitrogens with one attached hydrogen (secondary N) is 2. The van der Waals surface area contributed by atoms with Crippen LogP contribution in [0.1, 0.15) is 45.2 Å². The summed E-state index contributed by atoms with van der Waals surface area (Å²) >= 11 is 5.48. The number of nitrogens with zero attached hydrogens (tertiary/aromatic N) is 1. The van der Waals surface area contributed by atoms with Crippen molar-refractivity contribution in [1.29, 1.82) is 0 Å². The Morgan fingerprint density at radius 2 is 1.80 bits per heavy atom. The minimum Gasteiger partial charge on any atom is -0.490 e. The summed E-state index contributed by atoms with van der Waals surface area (Å²) in [7, 11) is 0. The van der Waals surface area contributed by atoms with Gasteiger partial charge in [-0.25, -0.2) is 0 Å². The van der Waals surface area contributed by atoms with E-state index < -0.39 is 0 Å². The summed E-state index contributed by atoms with van der Waals surface area (Å²) in [6.07, 6.45) is 1.55. The van der Waals surface area contributed by atoms with E-state index in [4.69, 9.17) is 21.7 Å². The number of hydrogen-bond acceptors (Lipinski definition) is 4. The summed E-state index contributed by atoms with van der Waals surface area (Å²) in [6, 6.07) is 13.7. The molecular formula is C23H29N3O3S. The smallest absolute Gasteiger partial charge is 0.227 e. The lowest BCUT2D eigenvalue weighted by molar-refractivity contribution is -0.117. The van der Waals surface area contributed by atoms with E-state index in [1.54, 1.807) is 0 Å². The van der Waals surface area contributed by atoms with Gasteiger partial charge in [-0.1, -0.05) is 6.07 Å². The Morgan fingerprint density at radius 3 is 2.43 bits per heavy atom. The highest BCUT2D eigenvalue weighted by Gasteiger charge is 2.21. The zero-order chi connectivity index (χ0) is 21.5. The van der Waals surface area contributed by atoms with Crippen LogP contribution in [0.5, 0.6) is 11.5 Å². The Morgan fingerprint density at radius 1 is 1.10 bits per heavy atom. The summed E-state index contributed by atoms with van der Waals surface area (Å²) in [5.74, 6) is 1.66. The molecule has 0 aromatic heterocycles. The van der Waals surface area contributed by atoms with E-state index >= 15 is 0 Å². The standard InChI is InChI=1S/C23H29N3O3S/c1-4-28-20-13-8-17(15-21(20)29-5-2)16(3)24-23(30)25-18-9-11-19(12-10-18)26-14-6-7-22(26)27/h8-13,15-16H,4-7,14H2,1-3H3,(H2,24,25,30)/t16-/m0/s1. The minimum absolute atomic E-state index is 0.0126. The highest BCUT2D eigenvalue weighted by molar-refractivity contribution is 7.80. The molecule has 6 nitrogen and oxygen atoms in total. The molecule has 160 valence electrons. The number of carbonyl (C=O) groups is 1. The molecule has 0 spiro atoms. The Labute approximate surface area is 183 Å². The van der Waals surface area contributed by atoms with E-state index in [9.17, 15) is 4.79 Å². The van der Waals surface area contributed by atoms with E-state index in [-0.39, 0.29) is 11.9 Å². The summed E-state index contributed by atoms with van der Waals surface area (Å²) < 4.78 is 11.3. The van der Waals surface area contributed by atoms with Gasteiger partial charge in [0, 0.05) is 24.3 Å². The van der Waals surface area contributed by atoms with Gasteiger partial charge in [0.25, 0.3) is 0 Å². The minimum atomic E-state index is -0.0126. The maximum atomic E-state index is 11.9. The van der Waals surface area contributed by atoms with Crippen LogP contribution in [0, 0.1) is 0 Å². The van der Waals surface area contributed by atoms with Crippen molar-refractivity contribution in [3.8, 4) is 11.5 Å². The number of rotatable bonds is 8. The molecule has 1 aliphatic rings. The third kappa shape index (κ3) is 5.42. The van der Waals surface area contributed by atoms with Gasteiger partial charge in [0.05, 0.1) is 19.3 Å². The lowest BCUT2D eigenvalue weighted by atomic mass is 10.1. The second kappa shape index (κ2) is 10.3. The second-order valence-corrected chi connectivity index (χ2v) is 7.50. The molecule has 0 radical (unpaired) electrons. The summed E-state index contributed by atoms with van der Waals surface area (Å²) in [4.78, 5) is 13.7. The maximum Gasteiger partial charge on any atom is 0.227 e. The normalized spacial score (nSPS) is 14.4. The van der Waals surface area contributed by atoms with Gasteiger partial charge in [0.1, 0.15) is 0 Å². The molecule has 1 aliphatic heterocycles. The Hall–Kier alpha value is -2.80. The third-order valence-electron chi connectivity index (χ3n) is 4.93. The molecule has 2 N–H and O–H groups in total. The Kier molecular flexibility index (Phi) is 7.52. The van der Waals surface area contributed by atoms with Gasteiger partial charge in [0.2, 0.25) is 5.91 Å². The van der Waals surface area contributed by atoms with E-state index in [1.807, 2.05) is 68.1 Å². The molecule has 2 aromatic carbocycles. The predicted octanol–water partition coefficient (Wildman–Crippen LogP) is 4.66. The maximum absolute atomic E-state index is 11.9. The fraction of sp³-hybridized carbons (Fsp3) is 0.391. The van der Waals surface area contributed by atoms with Crippen molar-refractivity contribution in [1.82, 2.24) is 5.32 Å². The number of thiocarbonyl (C=S) groups is 1. The first-order chi connectivity index (χ1) is 14.5. The summed E-state index contributed by atoms with van der Waals surface area (Å²) in [5, 5.41) is 7.03. The molecule has 0 saturated carbocycles. The zero-order valence-corrected chi connectivity index (χ0v) is 18.6. The van der Waals surface area contributed by atoms with E-state index in [0.29, 0.717) is 24.7 Å². The van der Waals surface area contributed by atoms with Crippen molar-refractivity contribution in [2.75, 3.05) is 30.0 Å². The fourth-order valence-corrected chi connectivity index (χ4v) is 3.72. The monoisotopic (exact) mass is 427 g/mol. The molecule has 0 bridgehead atoms. The van der Waals surface area contributed by atoms with Crippen molar-refractivity contribution in [2.45, 2.75) is 39.7 Å². The van der Waals surface area contributed by atoms with Crippen molar-refractivity contribution < 1.29 is 14.3 Å². The van der Waals surface area contributed by atoms with Crippen LogP contribution in [0.15, 0.2) is 42.5 Å². The number of benzene rings is 2. The van der Waals surface area contributed by atoms with Crippen LogP contribution >= 0.6 is 12.2 Å². The number of hydrogen-bond donors (Lipinski definition) is 2. The number of anilines is 2. The molecule has 7 heteroatoms. The second-order valence-electron chi connectivity index (χ2n) is 7.09. The molecule has 1 fully saturated rings. The van der Waals surface area contributed by atoms with Crippen LogP contribution in [0.25, 0.3) is 0 Å². The molecule has 0 aliphatic carbocycles. The molecule has 0 unspecified atom stereocenters. The van der Waals surface area contributed by atoms with E-state index in [2.05, 4.69) is 10.6 Å². The van der Waals surface area contributed by atoms with Gasteiger partial charge in [-0.3, -0.25) is 4.79 Å². The number of ether oxygens (including phenoxy) is 2. The quantitative estimate of drug-likeness (QED) is 0.598. The first-order valence-electron chi connectivity index (χ1n) is 10.4. The highest BCUT2D eigenvalue weighted by Crippen LogP contribution is 2.31. The number of carbonyl (C=O) groups excluding carboxylic acids is 1. The Bertz CT molecular complexity index is 886. The molecule has 1 saturated heterocycles. The predicted molar refractivity (Wildman–Crippen MR) is 125 cm³/mol. The number of amides is 1. The zero-order valence-electron chi connectivity index (χ0n) is 17.7. The van der Waals surface area contributed by atoms with Crippen molar-refractivity contribution in [2.24, 2.45) is 0 Å². The fourth-order valence-electron chi connectivity index (χ4n) is 3.43. The van der Waals surface area contributed by atoms with E-state index in [1.165, 1.54) is 0 Å². The SMILES string of the molecule is CCOc1ccc([C@H](C)NC(=S)Nc2ccc(N3CCCC3=O)cc2)cc1OCC. The molecule has 1 atom stereocenters. The van der Waals surface area contributed by atoms with Crippen LogP contribution in [0.4, 0.5) is 11.4 Å². The van der Waals surface area contributed by atoms with Gasteiger partial charge < -0.3 is 25.0 Å². The van der Waals surface area contributed by atoms with E-state index in [0.717, 1.165) is 41.4 Å². The Balaban J connectivity index is 1.60. The van der Waals surface area contributed by atoms with Crippen LogP contribution in [0.2, 0.25) is 0 Å². The largest absolute Gasteiger partial charge is 0.490 e. The molecule has 1 amide bonds. The first-order valence-corrected chi connectivity index (χ1v) is 10.8. The lowest BCUT2D eigenvalue weighted by Crippen LogP contribution is -2.31.